The molecule has 0 aliphatic rings. The minimum atomic E-state index is 1.09. The predicted octanol–water partition coefficient (Wildman–Crippen LogP) is 2.54. The summed E-state index contributed by atoms with van der Waals surface area (Å²) in [5.41, 5.74) is 1.36. The van der Waals surface area contributed by atoms with E-state index >= 15 is 0 Å². The lowest BCUT2D eigenvalue weighted by Gasteiger charge is -1.98. The van der Waals surface area contributed by atoms with Crippen LogP contribution in [-0.4, -0.2) is 4.57 Å². The van der Waals surface area contributed by atoms with Crippen LogP contribution in [-0.2, 0) is 6.42 Å². The third kappa shape index (κ3) is 1.29. The van der Waals surface area contributed by atoms with E-state index < -0.39 is 0 Å². The topological polar surface area (TPSA) is 4.93 Å². The highest BCUT2D eigenvalue weighted by Crippen LogP contribution is 2.02. The summed E-state index contributed by atoms with van der Waals surface area (Å²) in [6.07, 6.45) is 7.27. The van der Waals surface area contributed by atoms with Crippen LogP contribution in [0.25, 0.3) is 6.20 Å². The quantitative estimate of drug-likeness (QED) is 0.587. The van der Waals surface area contributed by atoms with Crippen molar-refractivity contribution >= 4 is 6.20 Å². The van der Waals surface area contributed by atoms with E-state index in [1.54, 1.807) is 0 Å². The van der Waals surface area contributed by atoms with Crippen molar-refractivity contribution in [3.63, 3.8) is 0 Å². The SMILES string of the molecule is C/C=C\n1cccc1CC. The number of allylic oxidation sites excluding steroid dienone is 1. The zero-order valence-electron chi connectivity index (χ0n) is 6.54. The van der Waals surface area contributed by atoms with Crippen LogP contribution >= 0.6 is 0 Å². The van der Waals surface area contributed by atoms with Crippen LogP contribution in [0.1, 0.15) is 19.5 Å². The first-order chi connectivity index (χ1) is 4.88. The summed E-state index contributed by atoms with van der Waals surface area (Å²) in [7, 11) is 0. The van der Waals surface area contributed by atoms with Gasteiger partial charge in [0.25, 0.3) is 0 Å². The van der Waals surface area contributed by atoms with Crippen molar-refractivity contribution < 1.29 is 0 Å². The molecule has 1 rings (SSSR count). The van der Waals surface area contributed by atoms with E-state index in [-0.39, 0.29) is 0 Å². The Bertz CT molecular complexity index is 220. The number of rotatable bonds is 2. The molecule has 1 heteroatoms. The Morgan fingerprint density at radius 2 is 2.40 bits per heavy atom. The number of aromatic nitrogens is 1. The van der Waals surface area contributed by atoms with Crippen LogP contribution in [0.2, 0.25) is 0 Å². The maximum atomic E-state index is 2.16. The van der Waals surface area contributed by atoms with Gasteiger partial charge in [0.15, 0.2) is 0 Å². The Labute approximate surface area is 62.0 Å². The Balaban J connectivity index is 2.90. The van der Waals surface area contributed by atoms with E-state index in [2.05, 4.69) is 36.0 Å². The lowest BCUT2D eigenvalue weighted by Crippen LogP contribution is -1.89. The van der Waals surface area contributed by atoms with Crippen molar-refractivity contribution in [1.29, 1.82) is 0 Å². The van der Waals surface area contributed by atoms with Gasteiger partial charge in [-0.3, -0.25) is 0 Å². The average molecular weight is 135 g/mol. The molecule has 0 spiro atoms. The maximum Gasteiger partial charge on any atom is 0.0218 e. The summed E-state index contributed by atoms with van der Waals surface area (Å²) in [5, 5.41) is 0. The number of hydrogen-bond acceptors (Lipinski definition) is 0. The van der Waals surface area contributed by atoms with Crippen LogP contribution in [0.15, 0.2) is 24.4 Å². The predicted molar refractivity (Wildman–Crippen MR) is 44.8 cm³/mol. The molecule has 0 aliphatic heterocycles. The first kappa shape index (κ1) is 7.13. The Morgan fingerprint density at radius 1 is 1.60 bits per heavy atom. The average Bonchev–Trinajstić information content (AvgIpc) is 2.36. The van der Waals surface area contributed by atoms with Crippen molar-refractivity contribution in [3.05, 3.63) is 30.1 Å². The summed E-state index contributed by atoms with van der Waals surface area (Å²) in [6.45, 7) is 4.19. The minimum absolute atomic E-state index is 1.09. The Morgan fingerprint density at radius 3 is 3.00 bits per heavy atom. The zero-order valence-corrected chi connectivity index (χ0v) is 6.54. The number of aryl methyl sites for hydroxylation is 1. The molecule has 0 fully saturated rings. The van der Waals surface area contributed by atoms with E-state index in [0.717, 1.165) is 6.42 Å². The highest BCUT2D eigenvalue weighted by Gasteiger charge is 1.91. The fraction of sp³-hybridized carbons (Fsp3) is 0.333. The normalized spacial score (nSPS) is 11.0. The van der Waals surface area contributed by atoms with Crippen LogP contribution in [0.5, 0.6) is 0 Å². The molecule has 0 atom stereocenters. The van der Waals surface area contributed by atoms with E-state index in [1.165, 1.54) is 5.69 Å². The van der Waals surface area contributed by atoms with Gasteiger partial charge in [0, 0.05) is 18.1 Å². The van der Waals surface area contributed by atoms with Gasteiger partial charge in [-0.2, -0.15) is 0 Å². The van der Waals surface area contributed by atoms with E-state index in [9.17, 15) is 0 Å². The van der Waals surface area contributed by atoms with Gasteiger partial charge in [0.2, 0.25) is 0 Å². The molecular weight excluding hydrogens is 122 g/mol. The molecule has 54 valence electrons. The van der Waals surface area contributed by atoms with Crippen LogP contribution < -0.4 is 0 Å². The molecule has 1 nitrogen and oxygen atoms in total. The molecule has 0 bridgehead atoms. The molecule has 0 saturated heterocycles. The lowest BCUT2D eigenvalue weighted by molar-refractivity contribution is 0.978. The third-order valence-corrected chi connectivity index (χ3v) is 1.54. The van der Waals surface area contributed by atoms with Gasteiger partial charge in [-0.05, 0) is 25.5 Å². The summed E-state index contributed by atoms with van der Waals surface area (Å²) in [5.74, 6) is 0. The molecule has 0 amide bonds. The molecule has 0 radical (unpaired) electrons. The number of nitrogens with zero attached hydrogens (tertiary/aromatic N) is 1. The molecule has 0 unspecified atom stereocenters. The second-order valence-corrected chi connectivity index (χ2v) is 2.24. The second kappa shape index (κ2) is 3.25. The monoisotopic (exact) mass is 135 g/mol. The fourth-order valence-corrected chi connectivity index (χ4v) is 1.04. The van der Waals surface area contributed by atoms with Crippen molar-refractivity contribution in [2.45, 2.75) is 20.3 Å². The molecule has 0 aliphatic carbocycles. The molecule has 1 aromatic rings. The highest BCUT2D eigenvalue weighted by atomic mass is 14.9. The summed E-state index contributed by atoms with van der Waals surface area (Å²) < 4.78 is 2.14. The zero-order chi connectivity index (χ0) is 7.40. The molecule has 0 N–H and O–H groups in total. The second-order valence-electron chi connectivity index (χ2n) is 2.24. The van der Waals surface area contributed by atoms with Gasteiger partial charge >= 0.3 is 0 Å². The van der Waals surface area contributed by atoms with Gasteiger partial charge in [0.05, 0.1) is 0 Å². The first-order valence-corrected chi connectivity index (χ1v) is 3.67. The molecule has 10 heavy (non-hydrogen) atoms. The van der Waals surface area contributed by atoms with Gasteiger partial charge in [-0.1, -0.05) is 13.0 Å². The van der Waals surface area contributed by atoms with E-state index in [4.69, 9.17) is 0 Å². The molecule has 0 aromatic carbocycles. The van der Waals surface area contributed by atoms with Crippen molar-refractivity contribution in [2.75, 3.05) is 0 Å². The van der Waals surface area contributed by atoms with Gasteiger partial charge in [0.1, 0.15) is 0 Å². The van der Waals surface area contributed by atoms with Crippen molar-refractivity contribution in [1.82, 2.24) is 4.57 Å². The van der Waals surface area contributed by atoms with Crippen molar-refractivity contribution in [2.24, 2.45) is 0 Å². The highest BCUT2D eigenvalue weighted by molar-refractivity contribution is 5.27. The standard InChI is InChI=1S/C9H13N/c1-3-7-10-8-5-6-9(10)4-2/h3,5-8H,4H2,1-2H3/b7-3-. The molecule has 1 heterocycles. The van der Waals surface area contributed by atoms with Crippen LogP contribution in [0.4, 0.5) is 0 Å². The van der Waals surface area contributed by atoms with E-state index in [1.807, 2.05) is 13.0 Å². The summed E-state index contributed by atoms with van der Waals surface area (Å²) >= 11 is 0. The molecule has 1 aromatic heterocycles. The Hall–Kier alpha value is -0.980. The molecular formula is C9H13N. The smallest absolute Gasteiger partial charge is 0.0218 e. The lowest BCUT2D eigenvalue weighted by atomic mass is 10.3. The third-order valence-electron chi connectivity index (χ3n) is 1.54. The van der Waals surface area contributed by atoms with Gasteiger partial charge in [-0.15, -0.1) is 0 Å². The summed E-state index contributed by atoms with van der Waals surface area (Å²) in [4.78, 5) is 0. The van der Waals surface area contributed by atoms with Crippen molar-refractivity contribution in [3.8, 4) is 0 Å². The fourth-order valence-electron chi connectivity index (χ4n) is 1.04. The Kier molecular flexibility index (Phi) is 2.32. The van der Waals surface area contributed by atoms with Gasteiger partial charge in [-0.25, -0.2) is 0 Å². The first-order valence-electron chi connectivity index (χ1n) is 3.67. The number of hydrogen-bond donors (Lipinski definition) is 0. The maximum absolute atomic E-state index is 2.16. The van der Waals surface area contributed by atoms with Crippen LogP contribution in [0.3, 0.4) is 0 Å². The minimum Gasteiger partial charge on any atom is -0.328 e. The molecule has 0 saturated carbocycles. The van der Waals surface area contributed by atoms with E-state index in [0.29, 0.717) is 0 Å². The summed E-state index contributed by atoms with van der Waals surface area (Å²) in [6, 6.07) is 4.21. The van der Waals surface area contributed by atoms with Crippen LogP contribution in [0, 0.1) is 0 Å². The largest absolute Gasteiger partial charge is 0.328 e. The van der Waals surface area contributed by atoms with Gasteiger partial charge < -0.3 is 4.57 Å².